The van der Waals surface area contributed by atoms with E-state index in [9.17, 15) is 0 Å². The lowest BCUT2D eigenvalue weighted by Gasteiger charge is -2.30. The summed E-state index contributed by atoms with van der Waals surface area (Å²) in [6, 6.07) is 18.8. The molecule has 220 valence electrons. The highest BCUT2D eigenvalue weighted by atomic mass is 28.4. The number of rotatable bonds is 20. The van der Waals surface area contributed by atoms with E-state index in [-0.39, 0.29) is 0 Å². The Morgan fingerprint density at radius 1 is 0.650 bits per heavy atom. The molecule has 3 fully saturated rings. The van der Waals surface area contributed by atoms with Crippen LogP contribution in [0, 0.1) is 0 Å². The molecule has 9 heteroatoms. The Balaban J connectivity index is 1.17. The van der Waals surface area contributed by atoms with Crippen LogP contribution in [0.3, 0.4) is 0 Å². The SMILES string of the molecule is CCO[Si](CCCN(CC1CO1)c1ccc(Cc2ccc(N(CC3CO3)CC3CO3)cc2)cc1)(OCC)OCC. The first-order valence-corrected chi connectivity index (χ1v) is 17.0. The normalized spacial score (nSPS) is 21.3. The molecular weight excluding hydrogens is 524 g/mol. The number of benzene rings is 2. The van der Waals surface area contributed by atoms with Crippen LogP contribution in [0.2, 0.25) is 6.04 Å². The average molecular weight is 571 g/mol. The molecule has 2 aromatic rings. The monoisotopic (exact) mass is 570 g/mol. The van der Waals surface area contributed by atoms with Crippen molar-refractivity contribution in [2.75, 3.05) is 75.6 Å². The molecule has 0 radical (unpaired) electrons. The highest BCUT2D eigenvalue weighted by molar-refractivity contribution is 6.60. The van der Waals surface area contributed by atoms with Crippen LogP contribution < -0.4 is 9.80 Å². The molecular formula is C31H46N2O6Si. The number of anilines is 2. The molecule has 40 heavy (non-hydrogen) atoms. The summed E-state index contributed by atoms with van der Waals surface area (Å²) in [5, 5.41) is 0. The zero-order valence-corrected chi connectivity index (χ0v) is 25.4. The molecule has 0 spiro atoms. The number of hydrogen-bond acceptors (Lipinski definition) is 8. The van der Waals surface area contributed by atoms with Crippen molar-refractivity contribution in [2.24, 2.45) is 0 Å². The third kappa shape index (κ3) is 9.01. The third-order valence-electron chi connectivity index (χ3n) is 7.49. The lowest BCUT2D eigenvalue weighted by molar-refractivity contribution is 0.0709. The van der Waals surface area contributed by atoms with Gasteiger partial charge < -0.3 is 37.3 Å². The highest BCUT2D eigenvalue weighted by Gasteiger charge is 2.40. The summed E-state index contributed by atoms with van der Waals surface area (Å²) in [6.07, 6.45) is 2.92. The second kappa shape index (κ2) is 14.3. The number of epoxide rings is 3. The van der Waals surface area contributed by atoms with Gasteiger partial charge in [0.05, 0.1) is 38.1 Å². The first-order valence-electron chi connectivity index (χ1n) is 15.0. The first kappa shape index (κ1) is 29.5. The van der Waals surface area contributed by atoms with Gasteiger partial charge >= 0.3 is 8.80 Å². The molecule has 8 nitrogen and oxygen atoms in total. The molecule has 0 aromatic heterocycles. The molecule has 3 aliphatic heterocycles. The maximum Gasteiger partial charge on any atom is 0.500 e. The maximum absolute atomic E-state index is 6.06. The number of hydrogen-bond donors (Lipinski definition) is 0. The van der Waals surface area contributed by atoms with Gasteiger partial charge in [-0.05, 0) is 69.0 Å². The Morgan fingerprint density at radius 3 is 1.45 bits per heavy atom. The van der Waals surface area contributed by atoms with E-state index in [1.54, 1.807) is 0 Å². The van der Waals surface area contributed by atoms with Gasteiger partial charge in [0.1, 0.15) is 0 Å². The molecule has 0 aliphatic carbocycles. The van der Waals surface area contributed by atoms with Crippen molar-refractivity contribution in [2.45, 2.75) is 58.0 Å². The van der Waals surface area contributed by atoms with Crippen LogP contribution in [0.15, 0.2) is 48.5 Å². The fourth-order valence-corrected chi connectivity index (χ4v) is 7.84. The highest BCUT2D eigenvalue weighted by Crippen LogP contribution is 2.26. The van der Waals surface area contributed by atoms with E-state index in [4.69, 9.17) is 27.5 Å². The van der Waals surface area contributed by atoms with E-state index in [2.05, 4.69) is 58.3 Å². The van der Waals surface area contributed by atoms with Gasteiger partial charge in [0.25, 0.3) is 0 Å². The topological polar surface area (TPSA) is 71.8 Å². The number of ether oxygens (including phenoxy) is 3. The number of nitrogens with zero attached hydrogens (tertiary/aromatic N) is 2. The Hall–Kier alpha value is -1.98. The molecule has 0 bridgehead atoms. The van der Waals surface area contributed by atoms with Crippen LogP contribution in [0.25, 0.3) is 0 Å². The van der Waals surface area contributed by atoms with Crippen LogP contribution in [-0.4, -0.2) is 92.9 Å². The van der Waals surface area contributed by atoms with Crippen molar-refractivity contribution in [1.29, 1.82) is 0 Å². The zero-order chi connectivity index (χ0) is 27.8. The second-order valence-electron chi connectivity index (χ2n) is 10.8. The lowest BCUT2D eigenvalue weighted by atomic mass is 10.0. The summed E-state index contributed by atoms with van der Waals surface area (Å²) < 4.78 is 34.7. The third-order valence-corrected chi connectivity index (χ3v) is 10.6. The van der Waals surface area contributed by atoms with Crippen LogP contribution in [0.1, 0.15) is 38.3 Å². The van der Waals surface area contributed by atoms with Crippen molar-refractivity contribution in [3.05, 3.63) is 59.7 Å². The fourth-order valence-electron chi connectivity index (χ4n) is 5.24. The van der Waals surface area contributed by atoms with E-state index in [0.717, 1.165) is 64.9 Å². The molecule has 3 atom stereocenters. The van der Waals surface area contributed by atoms with Gasteiger partial charge in [-0.25, -0.2) is 0 Å². The summed E-state index contributed by atoms with van der Waals surface area (Å²) in [7, 11) is -2.63. The van der Waals surface area contributed by atoms with Crippen LogP contribution in [0.5, 0.6) is 0 Å². The summed E-state index contributed by atoms with van der Waals surface area (Å²) in [6.45, 7) is 14.1. The van der Waals surface area contributed by atoms with E-state index in [1.165, 1.54) is 22.5 Å². The van der Waals surface area contributed by atoms with Crippen molar-refractivity contribution in [3.63, 3.8) is 0 Å². The predicted molar refractivity (Wildman–Crippen MR) is 159 cm³/mol. The molecule has 3 saturated heterocycles. The van der Waals surface area contributed by atoms with Gasteiger partial charge in [-0.1, -0.05) is 24.3 Å². The quantitative estimate of drug-likeness (QED) is 0.170. The minimum atomic E-state index is -2.63. The zero-order valence-electron chi connectivity index (χ0n) is 24.4. The standard InChI is InChI=1S/C31H46N2O6Si/c1-4-37-40(38-5-2,39-6-3)17-7-16-32(19-29-22-34-29)27-12-8-25(9-13-27)18-26-10-14-28(15-11-26)33(20-30-23-35-30)21-31-24-36-31/h8-15,29-31H,4-7,16-24H2,1-3H3. The van der Waals surface area contributed by atoms with E-state index in [1.807, 2.05) is 20.8 Å². The van der Waals surface area contributed by atoms with E-state index in [0.29, 0.717) is 38.1 Å². The van der Waals surface area contributed by atoms with Gasteiger partial charge in [-0.2, -0.15) is 0 Å². The fraction of sp³-hybridized carbons (Fsp3) is 0.613. The van der Waals surface area contributed by atoms with E-state index >= 15 is 0 Å². The minimum absolute atomic E-state index is 0.323. The Labute approximate surface area is 240 Å². The molecule has 0 saturated carbocycles. The summed E-state index contributed by atoms with van der Waals surface area (Å²) in [5.41, 5.74) is 5.10. The Kier molecular flexibility index (Phi) is 10.5. The second-order valence-corrected chi connectivity index (χ2v) is 13.5. The maximum atomic E-state index is 6.06. The van der Waals surface area contributed by atoms with Crippen molar-refractivity contribution in [3.8, 4) is 0 Å². The molecule has 5 rings (SSSR count). The Bertz CT molecular complexity index is 996. The van der Waals surface area contributed by atoms with E-state index < -0.39 is 8.80 Å². The molecule has 0 amide bonds. The smallest absolute Gasteiger partial charge is 0.374 e. The average Bonchev–Trinajstić information content (AvgIpc) is 3.78. The van der Waals surface area contributed by atoms with Crippen molar-refractivity contribution in [1.82, 2.24) is 0 Å². The van der Waals surface area contributed by atoms with Gasteiger partial charge in [0.2, 0.25) is 0 Å². The van der Waals surface area contributed by atoms with Crippen molar-refractivity contribution >= 4 is 20.2 Å². The molecule has 0 N–H and O–H groups in total. The molecule has 2 aromatic carbocycles. The molecule has 3 unspecified atom stereocenters. The predicted octanol–water partition coefficient (Wildman–Crippen LogP) is 4.53. The molecule has 3 aliphatic rings. The van der Waals surface area contributed by atoms with Gasteiger partial charge in [0, 0.05) is 63.4 Å². The summed E-state index contributed by atoms with van der Waals surface area (Å²) in [5.74, 6) is 0. The van der Waals surface area contributed by atoms with Gasteiger partial charge in [0.15, 0.2) is 0 Å². The Morgan fingerprint density at radius 2 is 1.05 bits per heavy atom. The first-order chi connectivity index (χ1) is 19.6. The summed E-state index contributed by atoms with van der Waals surface area (Å²) in [4.78, 5) is 4.83. The largest absolute Gasteiger partial charge is 0.500 e. The van der Waals surface area contributed by atoms with Gasteiger partial charge in [-0.3, -0.25) is 0 Å². The minimum Gasteiger partial charge on any atom is -0.374 e. The van der Waals surface area contributed by atoms with Crippen LogP contribution in [-0.2, 0) is 33.9 Å². The van der Waals surface area contributed by atoms with Gasteiger partial charge in [-0.15, -0.1) is 0 Å². The summed E-state index contributed by atoms with van der Waals surface area (Å²) >= 11 is 0. The molecule has 3 heterocycles. The van der Waals surface area contributed by atoms with Crippen LogP contribution >= 0.6 is 0 Å². The van der Waals surface area contributed by atoms with Crippen LogP contribution in [0.4, 0.5) is 11.4 Å². The lowest BCUT2D eigenvalue weighted by Crippen LogP contribution is -2.46. The van der Waals surface area contributed by atoms with Crippen molar-refractivity contribution < 1.29 is 27.5 Å².